The number of nitrogens with zero attached hydrogens (tertiary/aromatic N) is 1. The molecule has 1 aliphatic heterocycles. The predicted molar refractivity (Wildman–Crippen MR) is 118 cm³/mol. The second-order valence-electron chi connectivity index (χ2n) is 7.84. The first-order valence-corrected chi connectivity index (χ1v) is 11.8. The van der Waals surface area contributed by atoms with Gasteiger partial charge in [-0.1, -0.05) is 0 Å². The quantitative estimate of drug-likeness (QED) is 0.564. The van der Waals surface area contributed by atoms with Crippen molar-refractivity contribution in [3.8, 4) is 5.75 Å². The van der Waals surface area contributed by atoms with E-state index in [4.69, 9.17) is 0 Å². The standard InChI is InChI=1S/C22H20F3N3O5S/c23-22(24,25)33-17-6-4-16(5-7-17)26-21(30)15-2-1-11-28(13-15)34(31,32)18-8-9-19-14(12-18)3-10-20(29)27-19/h3-10,12,15H,1-2,11,13H2,(H,26,30)(H,27,29). The van der Waals surface area contributed by atoms with Crippen LogP contribution >= 0.6 is 0 Å². The molecule has 12 heteroatoms. The summed E-state index contributed by atoms with van der Waals surface area (Å²) in [6.07, 6.45) is -3.88. The number of aromatic nitrogens is 1. The van der Waals surface area contributed by atoms with Gasteiger partial charge < -0.3 is 15.0 Å². The molecular weight excluding hydrogens is 475 g/mol. The van der Waals surface area contributed by atoms with Crippen molar-refractivity contribution in [1.29, 1.82) is 0 Å². The van der Waals surface area contributed by atoms with Crippen LogP contribution in [0.3, 0.4) is 0 Å². The van der Waals surface area contributed by atoms with Gasteiger partial charge in [0.2, 0.25) is 21.5 Å². The van der Waals surface area contributed by atoms with E-state index in [-0.39, 0.29) is 29.2 Å². The average Bonchev–Trinajstić information content (AvgIpc) is 2.79. The van der Waals surface area contributed by atoms with Gasteiger partial charge in [0, 0.05) is 30.4 Å². The molecule has 2 heterocycles. The van der Waals surface area contributed by atoms with Crippen molar-refractivity contribution in [2.45, 2.75) is 24.1 Å². The molecule has 34 heavy (non-hydrogen) atoms. The van der Waals surface area contributed by atoms with Crippen LogP contribution < -0.4 is 15.6 Å². The number of fused-ring (bicyclic) bond motifs is 1. The van der Waals surface area contributed by atoms with Crippen molar-refractivity contribution in [1.82, 2.24) is 9.29 Å². The summed E-state index contributed by atoms with van der Waals surface area (Å²) < 4.78 is 68.3. The molecule has 1 aromatic heterocycles. The van der Waals surface area contributed by atoms with Crippen molar-refractivity contribution >= 4 is 32.5 Å². The van der Waals surface area contributed by atoms with E-state index in [0.717, 1.165) is 12.1 Å². The largest absolute Gasteiger partial charge is 0.573 e. The molecule has 2 aromatic carbocycles. The fraction of sp³-hybridized carbons (Fsp3) is 0.273. The lowest BCUT2D eigenvalue weighted by Crippen LogP contribution is -2.43. The van der Waals surface area contributed by atoms with Gasteiger partial charge >= 0.3 is 6.36 Å². The molecule has 180 valence electrons. The van der Waals surface area contributed by atoms with Crippen LogP contribution in [-0.4, -0.2) is 43.1 Å². The smallest absolute Gasteiger partial charge is 0.406 e. The highest BCUT2D eigenvalue weighted by Crippen LogP contribution is 2.27. The number of sulfonamides is 1. The molecule has 0 bridgehead atoms. The fourth-order valence-electron chi connectivity index (χ4n) is 3.80. The van der Waals surface area contributed by atoms with Crippen LogP contribution in [0.1, 0.15) is 12.8 Å². The Balaban J connectivity index is 1.45. The Morgan fingerprint density at radius 2 is 1.82 bits per heavy atom. The fourth-order valence-corrected chi connectivity index (χ4v) is 5.36. The second kappa shape index (κ2) is 9.11. The lowest BCUT2D eigenvalue weighted by molar-refractivity contribution is -0.274. The number of anilines is 1. The summed E-state index contributed by atoms with van der Waals surface area (Å²) in [5.74, 6) is -1.48. The Labute approximate surface area is 192 Å². The van der Waals surface area contributed by atoms with Crippen LogP contribution in [0.2, 0.25) is 0 Å². The minimum Gasteiger partial charge on any atom is -0.406 e. The van der Waals surface area contributed by atoms with Gasteiger partial charge in [-0.05, 0) is 66.8 Å². The van der Waals surface area contributed by atoms with E-state index in [1.807, 2.05) is 0 Å². The van der Waals surface area contributed by atoms with Gasteiger partial charge in [-0.3, -0.25) is 9.59 Å². The number of piperidine rings is 1. The van der Waals surface area contributed by atoms with Crippen molar-refractivity contribution in [3.63, 3.8) is 0 Å². The van der Waals surface area contributed by atoms with Gasteiger partial charge in [0.15, 0.2) is 0 Å². The predicted octanol–water partition coefficient (Wildman–Crippen LogP) is 3.47. The summed E-state index contributed by atoms with van der Waals surface area (Å²) >= 11 is 0. The summed E-state index contributed by atoms with van der Waals surface area (Å²) in [4.78, 5) is 26.8. The number of aromatic amines is 1. The molecule has 0 saturated carbocycles. The van der Waals surface area contributed by atoms with Crippen LogP contribution in [0.4, 0.5) is 18.9 Å². The first-order chi connectivity index (χ1) is 16.0. The van der Waals surface area contributed by atoms with E-state index in [9.17, 15) is 31.2 Å². The van der Waals surface area contributed by atoms with Crippen molar-refractivity contribution < 1.29 is 31.1 Å². The van der Waals surface area contributed by atoms with Crippen molar-refractivity contribution in [2.75, 3.05) is 18.4 Å². The number of ether oxygens (including phenoxy) is 1. The summed E-state index contributed by atoms with van der Waals surface area (Å²) in [7, 11) is -3.89. The highest BCUT2D eigenvalue weighted by molar-refractivity contribution is 7.89. The number of amides is 1. The summed E-state index contributed by atoms with van der Waals surface area (Å²) in [5.41, 5.74) is 0.479. The number of pyridine rings is 1. The van der Waals surface area contributed by atoms with E-state index in [1.165, 1.54) is 46.8 Å². The summed E-state index contributed by atoms with van der Waals surface area (Å²) in [5, 5.41) is 3.17. The summed E-state index contributed by atoms with van der Waals surface area (Å²) in [6, 6.07) is 11.9. The maximum absolute atomic E-state index is 13.2. The van der Waals surface area contributed by atoms with Gasteiger partial charge in [0.05, 0.1) is 10.8 Å². The number of rotatable bonds is 5. The van der Waals surface area contributed by atoms with Crippen molar-refractivity contribution in [3.05, 3.63) is 65.0 Å². The third kappa shape index (κ3) is 5.39. The third-order valence-corrected chi connectivity index (χ3v) is 7.30. The topological polar surface area (TPSA) is 109 Å². The van der Waals surface area contributed by atoms with Crippen LogP contribution in [0.25, 0.3) is 10.9 Å². The van der Waals surface area contributed by atoms with E-state index in [1.54, 1.807) is 0 Å². The van der Waals surface area contributed by atoms with Gasteiger partial charge in [-0.15, -0.1) is 13.2 Å². The maximum Gasteiger partial charge on any atom is 0.573 e. The van der Waals surface area contributed by atoms with Crippen LogP contribution in [0, 0.1) is 5.92 Å². The molecule has 2 N–H and O–H groups in total. The molecule has 0 spiro atoms. The van der Waals surface area contributed by atoms with E-state index in [2.05, 4.69) is 15.0 Å². The van der Waals surface area contributed by atoms with Gasteiger partial charge in [0.1, 0.15) is 5.75 Å². The van der Waals surface area contributed by atoms with Gasteiger partial charge in [0.25, 0.3) is 0 Å². The number of H-pyrrole nitrogens is 1. The molecule has 1 saturated heterocycles. The molecule has 0 aliphatic carbocycles. The molecule has 3 aromatic rings. The number of carbonyl (C=O) groups is 1. The van der Waals surface area contributed by atoms with E-state index < -0.39 is 34.0 Å². The number of hydrogen-bond donors (Lipinski definition) is 2. The Bertz CT molecular complexity index is 1370. The molecule has 8 nitrogen and oxygen atoms in total. The number of alkyl halides is 3. The van der Waals surface area contributed by atoms with Crippen LogP contribution in [0.5, 0.6) is 5.75 Å². The first kappa shape index (κ1) is 23.8. The molecule has 1 fully saturated rings. The zero-order valence-electron chi connectivity index (χ0n) is 17.6. The SMILES string of the molecule is O=C(Nc1ccc(OC(F)(F)F)cc1)C1CCCN(S(=O)(=O)c2ccc3[nH]c(=O)ccc3c2)C1. The minimum atomic E-state index is -4.82. The Morgan fingerprint density at radius 1 is 1.09 bits per heavy atom. The van der Waals surface area contributed by atoms with Gasteiger partial charge in [-0.2, -0.15) is 4.31 Å². The maximum atomic E-state index is 13.2. The average molecular weight is 495 g/mol. The number of benzene rings is 2. The lowest BCUT2D eigenvalue weighted by Gasteiger charge is -2.31. The highest BCUT2D eigenvalue weighted by Gasteiger charge is 2.34. The minimum absolute atomic E-state index is 0.0346. The molecule has 1 atom stereocenters. The van der Waals surface area contributed by atoms with E-state index >= 15 is 0 Å². The second-order valence-corrected chi connectivity index (χ2v) is 9.77. The number of carbonyl (C=O) groups excluding carboxylic acids is 1. The summed E-state index contributed by atoms with van der Waals surface area (Å²) in [6.45, 7) is 0.215. The zero-order valence-corrected chi connectivity index (χ0v) is 18.4. The number of hydrogen-bond acceptors (Lipinski definition) is 5. The zero-order chi connectivity index (χ0) is 24.5. The van der Waals surface area contributed by atoms with Crippen LogP contribution in [0.15, 0.2) is 64.3 Å². The Kier molecular flexibility index (Phi) is 6.36. The third-order valence-electron chi connectivity index (χ3n) is 5.44. The van der Waals surface area contributed by atoms with Crippen molar-refractivity contribution in [2.24, 2.45) is 5.92 Å². The Hall–Kier alpha value is -3.38. The van der Waals surface area contributed by atoms with Crippen LogP contribution in [-0.2, 0) is 14.8 Å². The number of halogens is 3. The van der Waals surface area contributed by atoms with E-state index in [0.29, 0.717) is 23.7 Å². The monoisotopic (exact) mass is 495 g/mol. The lowest BCUT2D eigenvalue weighted by atomic mass is 9.99. The van der Waals surface area contributed by atoms with Gasteiger partial charge in [-0.25, -0.2) is 8.42 Å². The Morgan fingerprint density at radius 3 is 2.53 bits per heavy atom. The molecule has 0 radical (unpaired) electrons. The molecule has 1 aliphatic rings. The number of nitrogens with one attached hydrogen (secondary N) is 2. The first-order valence-electron chi connectivity index (χ1n) is 10.3. The molecular formula is C22H20F3N3O5S. The molecule has 1 amide bonds. The molecule has 4 rings (SSSR count). The normalized spacial score (nSPS) is 17.4. The highest BCUT2D eigenvalue weighted by atomic mass is 32.2. The molecule has 1 unspecified atom stereocenters.